The number of rotatable bonds is 13. The minimum atomic E-state index is 0. The number of ether oxygens (including phenoxy) is 3. The third kappa shape index (κ3) is 12.3. The van der Waals surface area contributed by atoms with Gasteiger partial charge in [-0.15, -0.1) is 24.0 Å². The summed E-state index contributed by atoms with van der Waals surface area (Å²) in [6.45, 7) is 6.65. The summed E-state index contributed by atoms with van der Waals surface area (Å²) in [7, 11) is 3.36. The standard InChI is InChI=1S/C19H33N3O3.HI/c1-4-20-19(21-12-5-6-14-25-16-15-23-2)22-13-11-17-7-9-18(24-3)10-8-17;/h7-10H,4-6,11-16H2,1-3H3,(H2,20,21,22);1H. The molecule has 7 heteroatoms. The Balaban J connectivity index is 0.00000625. The van der Waals surface area contributed by atoms with Crippen LogP contribution in [-0.2, 0) is 15.9 Å². The van der Waals surface area contributed by atoms with E-state index in [1.165, 1.54) is 5.56 Å². The lowest BCUT2D eigenvalue weighted by Gasteiger charge is -2.11. The Hall–Kier alpha value is -1.06. The van der Waals surface area contributed by atoms with Crippen LogP contribution in [-0.4, -0.2) is 59.6 Å². The summed E-state index contributed by atoms with van der Waals surface area (Å²) >= 11 is 0. The highest BCUT2D eigenvalue weighted by atomic mass is 127. The second kappa shape index (κ2) is 17.4. The summed E-state index contributed by atoms with van der Waals surface area (Å²) in [5.74, 6) is 1.76. The van der Waals surface area contributed by atoms with E-state index in [1.54, 1.807) is 14.2 Å². The molecule has 0 aliphatic rings. The Morgan fingerprint density at radius 1 is 1.00 bits per heavy atom. The minimum absolute atomic E-state index is 0. The molecule has 6 nitrogen and oxygen atoms in total. The third-order valence-corrected chi connectivity index (χ3v) is 3.61. The van der Waals surface area contributed by atoms with Crippen molar-refractivity contribution < 1.29 is 14.2 Å². The number of aliphatic imine (C=N–C) groups is 1. The van der Waals surface area contributed by atoms with Gasteiger partial charge in [-0.05, 0) is 43.9 Å². The molecule has 0 unspecified atom stereocenters. The molecule has 1 rings (SSSR count). The van der Waals surface area contributed by atoms with Crippen molar-refractivity contribution in [3.8, 4) is 5.75 Å². The molecule has 0 amide bonds. The molecule has 26 heavy (non-hydrogen) atoms. The maximum absolute atomic E-state index is 5.45. The van der Waals surface area contributed by atoms with Gasteiger partial charge in [-0.1, -0.05) is 12.1 Å². The van der Waals surface area contributed by atoms with Gasteiger partial charge in [-0.2, -0.15) is 0 Å². The maximum Gasteiger partial charge on any atom is 0.191 e. The third-order valence-electron chi connectivity index (χ3n) is 3.61. The number of hydrogen-bond donors (Lipinski definition) is 2. The summed E-state index contributed by atoms with van der Waals surface area (Å²) in [5.41, 5.74) is 1.28. The normalized spacial score (nSPS) is 11.0. The largest absolute Gasteiger partial charge is 0.497 e. The Bertz CT molecular complexity index is 470. The zero-order valence-electron chi connectivity index (χ0n) is 16.3. The predicted octanol–water partition coefficient (Wildman–Crippen LogP) is 2.85. The summed E-state index contributed by atoms with van der Waals surface area (Å²) in [5, 5.41) is 6.65. The number of hydrogen-bond acceptors (Lipinski definition) is 4. The van der Waals surface area contributed by atoms with Crippen molar-refractivity contribution in [1.82, 2.24) is 10.6 Å². The molecular weight excluding hydrogens is 445 g/mol. The number of halogens is 1. The highest BCUT2D eigenvalue weighted by Crippen LogP contribution is 2.11. The summed E-state index contributed by atoms with van der Waals surface area (Å²) in [6.07, 6.45) is 2.97. The van der Waals surface area contributed by atoms with Crippen LogP contribution in [0.15, 0.2) is 29.3 Å². The first-order chi connectivity index (χ1) is 12.3. The number of methoxy groups -OCH3 is 2. The lowest BCUT2D eigenvalue weighted by atomic mass is 10.1. The van der Waals surface area contributed by atoms with Crippen molar-refractivity contribution in [2.75, 3.05) is 53.7 Å². The number of unbranched alkanes of at least 4 members (excludes halogenated alkanes) is 1. The first-order valence-electron chi connectivity index (χ1n) is 9.02. The fourth-order valence-electron chi connectivity index (χ4n) is 2.21. The Labute approximate surface area is 175 Å². The van der Waals surface area contributed by atoms with Gasteiger partial charge in [0.25, 0.3) is 0 Å². The monoisotopic (exact) mass is 479 g/mol. The van der Waals surface area contributed by atoms with E-state index in [0.29, 0.717) is 13.2 Å². The first kappa shape index (κ1) is 24.9. The van der Waals surface area contributed by atoms with Crippen LogP contribution in [0.25, 0.3) is 0 Å². The summed E-state index contributed by atoms with van der Waals surface area (Å²) < 4.78 is 15.6. The molecule has 1 aromatic carbocycles. The van der Waals surface area contributed by atoms with E-state index in [0.717, 1.165) is 57.2 Å². The van der Waals surface area contributed by atoms with Crippen LogP contribution in [0.5, 0.6) is 5.75 Å². The molecular formula is C19H34IN3O3. The van der Waals surface area contributed by atoms with Crippen LogP contribution in [0.1, 0.15) is 25.3 Å². The lowest BCUT2D eigenvalue weighted by molar-refractivity contribution is 0.0690. The molecule has 1 aromatic rings. The van der Waals surface area contributed by atoms with Crippen molar-refractivity contribution >= 4 is 29.9 Å². The van der Waals surface area contributed by atoms with Gasteiger partial charge in [0.1, 0.15) is 5.75 Å². The minimum Gasteiger partial charge on any atom is -0.497 e. The molecule has 0 aliphatic heterocycles. The van der Waals surface area contributed by atoms with Gasteiger partial charge in [-0.25, -0.2) is 0 Å². The van der Waals surface area contributed by atoms with Crippen molar-refractivity contribution in [2.45, 2.75) is 26.2 Å². The molecule has 0 spiro atoms. The Morgan fingerprint density at radius 3 is 2.42 bits per heavy atom. The van der Waals surface area contributed by atoms with Gasteiger partial charge in [0.2, 0.25) is 0 Å². The zero-order valence-corrected chi connectivity index (χ0v) is 18.6. The smallest absolute Gasteiger partial charge is 0.191 e. The van der Waals surface area contributed by atoms with Gasteiger partial charge in [-0.3, -0.25) is 4.99 Å². The second-order valence-corrected chi connectivity index (χ2v) is 5.60. The fraction of sp³-hybridized carbons (Fsp3) is 0.632. The maximum atomic E-state index is 5.45. The van der Waals surface area contributed by atoms with Crippen LogP contribution in [0.2, 0.25) is 0 Å². The Kier molecular flexibility index (Phi) is 16.7. The molecule has 0 saturated heterocycles. The fourth-order valence-corrected chi connectivity index (χ4v) is 2.21. The average Bonchev–Trinajstić information content (AvgIpc) is 2.64. The summed E-state index contributed by atoms with van der Waals surface area (Å²) in [4.78, 5) is 4.60. The number of benzene rings is 1. The highest BCUT2D eigenvalue weighted by Gasteiger charge is 1.99. The molecule has 2 N–H and O–H groups in total. The molecule has 0 aliphatic carbocycles. The van der Waals surface area contributed by atoms with Crippen LogP contribution in [0.4, 0.5) is 0 Å². The van der Waals surface area contributed by atoms with Gasteiger partial charge in [0, 0.05) is 33.4 Å². The quantitative estimate of drug-likeness (QED) is 0.197. The molecule has 0 saturated carbocycles. The molecule has 0 bridgehead atoms. The van der Waals surface area contributed by atoms with E-state index in [1.807, 2.05) is 12.1 Å². The van der Waals surface area contributed by atoms with Crippen molar-refractivity contribution in [2.24, 2.45) is 4.99 Å². The molecule has 0 atom stereocenters. The van der Waals surface area contributed by atoms with E-state index in [-0.39, 0.29) is 24.0 Å². The number of nitrogens with one attached hydrogen (secondary N) is 2. The van der Waals surface area contributed by atoms with E-state index >= 15 is 0 Å². The predicted molar refractivity (Wildman–Crippen MR) is 118 cm³/mol. The van der Waals surface area contributed by atoms with Crippen molar-refractivity contribution in [3.63, 3.8) is 0 Å². The second-order valence-electron chi connectivity index (χ2n) is 5.60. The SMILES string of the molecule is CCNC(=NCCCCOCCOC)NCCc1ccc(OC)cc1.I. The zero-order chi connectivity index (χ0) is 18.2. The molecule has 0 fully saturated rings. The van der Waals surface area contributed by atoms with Crippen LogP contribution in [0.3, 0.4) is 0 Å². The highest BCUT2D eigenvalue weighted by molar-refractivity contribution is 14.0. The van der Waals surface area contributed by atoms with Crippen molar-refractivity contribution in [3.05, 3.63) is 29.8 Å². The molecule has 150 valence electrons. The molecule has 0 radical (unpaired) electrons. The Morgan fingerprint density at radius 2 is 1.77 bits per heavy atom. The molecule has 0 heterocycles. The summed E-state index contributed by atoms with van der Waals surface area (Å²) in [6, 6.07) is 8.16. The van der Waals surface area contributed by atoms with E-state index in [9.17, 15) is 0 Å². The number of guanidine groups is 1. The van der Waals surface area contributed by atoms with Gasteiger partial charge >= 0.3 is 0 Å². The van der Waals surface area contributed by atoms with Crippen LogP contribution >= 0.6 is 24.0 Å². The van der Waals surface area contributed by atoms with E-state index in [2.05, 4.69) is 34.7 Å². The van der Waals surface area contributed by atoms with E-state index in [4.69, 9.17) is 14.2 Å². The van der Waals surface area contributed by atoms with Crippen LogP contribution < -0.4 is 15.4 Å². The van der Waals surface area contributed by atoms with E-state index < -0.39 is 0 Å². The molecule has 0 aromatic heterocycles. The average molecular weight is 479 g/mol. The van der Waals surface area contributed by atoms with Gasteiger partial charge in [0.05, 0.1) is 20.3 Å². The van der Waals surface area contributed by atoms with Crippen molar-refractivity contribution in [1.29, 1.82) is 0 Å². The van der Waals surface area contributed by atoms with Crippen LogP contribution in [0, 0.1) is 0 Å². The van der Waals surface area contributed by atoms with Gasteiger partial charge in [0.15, 0.2) is 5.96 Å². The first-order valence-corrected chi connectivity index (χ1v) is 9.02. The topological polar surface area (TPSA) is 64.1 Å². The lowest BCUT2D eigenvalue weighted by Crippen LogP contribution is -2.38. The van der Waals surface area contributed by atoms with Gasteiger partial charge < -0.3 is 24.8 Å². The number of nitrogens with zero attached hydrogens (tertiary/aromatic N) is 1.